The van der Waals surface area contributed by atoms with E-state index in [1.165, 1.54) is 0 Å². The molecule has 0 radical (unpaired) electrons. The van der Waals surface area contributed by atoms with Gasteiger partial charge in [0.2, 0.25) is 0 Å². The zero-order valence-corrected chi connectivity index (χ0v) is 12.3. The van der Waals surface area contributed by atoms with Crippen LogP contribution in [0.1, 0.15) is 32.2 Å². The molecule has 0 saturated carbocycles. The van der Waals surface area contributed by atoms with E-state index < -0.39 is 0 Å². The maximum absolute atomic E-state index is 9.13. The normalized spacial score (nSPS) is 10.8. The van der Waals surface area contributed by atoms with Crippen LogP contribution >= 0.6 is 0 Å². The minimum atomic E-state index is -0.210. The molecule has 2 aromatic rings. The summed E-state index contributed by atoms with van der Waals surface area (Å²) in [6.07, 6.45) is 0. The van der Waals surface area contributed by atoms with Gasteiger partial charge in [0.1, 0.15) is 23.5 Å². The number of hydrogen-bond acceptors (Lipinski definition) is 6. The van der Waals surface area contributed by atoms with Gasteiger partial charge in [-0.05, 0) is 12.1 Å². The van der Waals surface area contributed by atoms with Crippen LogP contribution in [-0.2, 0) is 5.41 Å². The third-order valence-electron chi connectivity index (χ3n) is 2.86. The number of nitrogens with two attached hydrogens (primary N) is 1. The standard InChI is InChI=1S/C15H18N6/c1-15(2,3)14-19-12(8-13(20-14)21-17)18-11-7-5-4-6-10(11)9-16/h4-8H,17H2,1-3H3,(H2,18,19,20,21). The Hall–Kier alpha value is -2.65. The van der Waals surface area contributed by atoms with E-state index in [4.69, 9.17) is 11.1 Å². The predicted molar refractivity (Wildman–Crippen MR) is 83.0 cm³/mol. The number of nitrogen functional groups attached to an aromatic ring is 1. The van der Waals surface area contributed by atoms with Crippen molar-refractivity contribution in [2.75, 3.05) is 10.7 Å². The van der Waals surface area contributed by atoms with Crippen LogP contribution in [0.15, 0.2) is 30.3 Å². The van der Waals surface area contributed by atoms with Crippen LogP contribution in [-0.4, -0.2) is 9.97 Å². The monoisotopic (exact) mass is 282 g/mol. The molecule has 1 aromatic carbocycles. The summed E-state index contributed by atoms with van der Waals surface area (Å²) >= 11 is 0. The second kappa shape index (κ2) is 5.77. The molecule has 2 rings (SSSR count). The molecule has 6 heteroatoms. The molecule has 0 aliphatic rings. The van der Waals surface area contributed by atoms with Gasteiger partial charge in [0.25, 0.3) is 0 Å². The minimum absolute atomic E-state index is 0.210. The van der Waals surface area contributed by atoms with Crippen LogP contribution in [0.3, 0.4) is 0 Å². The molecule has 0 amide bonds. The van der Waals surface area contributed by atoms with Crippen molar-refractivity contribution in [1.82, 2.24) is 9.97 Å². The lowest BCUT2D eigenvalue weighted by Crippen LogP contribution is -2.19. The molecule has 0 fully saturated rings. The minimum Gasteiger partial charge on any atom is -0.339 e. The smallest absolute Gasteiger partial charge is 0.145 e. The Balaban J connectivity index is 2.42. The van der Waals surface area contributed by atoms with Crippen molar-refractivity contribution in [2.45, 2.75) is 26.2 Å². The highest BCUT2D eigenvalue weighted by Gasteiger charge is 2.19. The van der Waals surface area contributed by atoms with Gasteiger partial charge in [-0.1, -0.05) is 32.9 Å². The topological polar surface area (TPSA) is 99.6 Å². The molecule has 0 bridgehead atoms. The van der Waals surface area contributed by atoms with Crippen molar-refractivity contribution < 1.29 is 0 Å². The molecule has 21 heavy (non-hydrogen) atoms. The molecule has 4 N–H and O–H groups in total. The summed E-state index contributed by atoms with van der Waals surface area (Å²) in [6.45, 7) is 6.07. The maximum Gasteiger partial charge on any atom is 0.145 e. The SMILES string of the molecule is CC(C)(C)c1nc(NN)cc(Nc2ccccc2C#N)n1. The van der Waals surface area contributed by atoms with Crippen LogP contribution in [0.25, 0.3) is 0 Å². The van der Waals surface area contributed by atoms with E-state index >= 15 is 0 Å². The van der Waals surface area contributed by atoms with Gasteiger partial charge in [0.15, 0.2) is 0 Å². The Kier molecular flexibility index (Phi) is 4.05. The Bertz CT molecular complexity index is 681. The van der Waals surface area contributed by atoms with Gasteiger partial charge in [0, 0.05) is 11.5 Å². The van der Waals surface area contributed by atoms with E-state index in [1.54, 1.807) is 12.1 Å². The summed E-state index contributed by atoms with van der Waals surface area (Å²) in [5.74, 6) is 7.23. The van der Waals surface area contributed by atoms with E-state index in [1.807, 2.05) is 39.0 Å². The van der Waals surface area contributed by atoms with Crippen LogP contribution in [0, 0.1) is 11.3 Å². The summed E-state index contributed by atoms with van der Waals surface area (Å²) in [4.78, 5) is 8.85. The molecule has 108 valence electrons. The molecular weight excluding hydrogens is 264 g/mol. The maximum atomic E-state index is 9.13. The first-order valence-electron chi connectivity index (χ1n) is 6.56. The number of nitriles is 1. The summed E-state index contributed by atoms with van der Waals surface area (Å²) in [5.41, 5.74) is 3.58. The summed E-state index contributed by atoms with van der Waals surface area (Å²) < 4.78 is 0. The molecule has 0 unspecified atom stereocenters. The highest BCUT2D eigenvalue weighted by atomic mass is 15.3. The van der Waals surface area contributed by atoms with Gasteiger partial charge in [-0.3, -0.25) is 0 Å². The molecule has 0 atom stereocenters. The number of benzene rings is 1. The Morgan fingerprint density at radius 2 is 1.81 bits per heavy atom. The number of hydrazine groups is 1. The number of anilines is 3. The number of hydrogen-bond donors (Lipinski definition) is 3. The van der Waals surface area contributed by atoms with E-state index in [0.29, 0.717) is 28.7 Å². The zero-order chi connectivity index (χ0) is 15.5. The van der Waals surface area contributed by atoms with Gasteiger partial charge in [0.05, 0.1) is 11.3 Å². The number of nitrogens with one attached hydrogen (secondary N) is 2. The van der Waals surface area contributed by atoms with Gasteiger partial charge in [-0.15, -0.1) is 0 Å². The van der Waals surface area contributed by atoms with Crippen LogP contribution in [0.4, 0.5) is 17.3 Å². The van der Waals surface area contributed by atoms with Crippen molar-refractivity contribution >= 4 is 17.3 Å². The highest BCUT2D eigenvalue weighted by molar-refractivity contribution is 5.65. The zero-order valence-electron chi connectivity index (χ0n) is 12.3. The largest absolute Gasteiger partial charge is 0.339 e. The Morgan fingerprint density at radius 3 is 2.43 bits per heavy atom. The lowest BCUT2D eigenvalue weighted by molar-refractivity contribution is 0.547. The van der Waals surface area contributed by atoms with Gasteiger partial charge in [-0.25, -0.2) is 15.8 Å². The van der Waals surface area contributed by atoms with Gasteiger partial charge in [-0.2, -0.15) is 5.26 Å². The molecule has 0 aliphatic heterocycles. The van der Waals surface area contributed by atoms with Gasteiger partial charge < -0.3 is 10.7 Å². The fraction of sp³-hybridized carbons (Fsp3) is 0.267. The fourth-order valence-electron chi connectivity index (χ4n) is 1.75. The fourth-order valence-corrected chi connectivity index (χ4v) is 1.75. The van der Waals surface area contributed by atoms with E-state index in [2.05, 4.69) is 26.8 Å². The molecule has 6 nitrogen and oxygen atoms in total. The molecule has 0 spiro atoms. The average Bonchev–Trinajstić information content (AvgIpc) is 2.46. The Labute approximate surface area is 124 Å². The molecule has 0 saturated heterocycles. The number of rotatable bonds is 3. The third kappa shape index (κ3) is 3.46. The first kappa shape index (κ1) is 14.8. The molecule has 1 aromatic heterocycles. The highest BCUT2D eigenvalue weighted by Crippen LogP contribution is 2.25. The van der Waals surface area contributed by atoms with Crippen molar-refractivity contribution in [3.05, 3.63) is 41.7 Å². The number of aromatic nitrogens is 2. The lowest BCUT2D eigenvalue weighted by atomic mass is 9.96. The summed E-state index contributed by atoms with van der Waals surface area (Å²) in [6, 6.07) is 11.1. The average molecular weight is 282 g/mol. The molecule has 0 aliphatic carbocycles. The van der Waals surface area contributed by atoms with Crippen molar-refractivity contribution in [2.24, 2.45) is 5.84 Å². The number of para-hydroxylation sites is 1. The van der Waals surface area contributed by atoms with Gasteiger partial charge >= 0.3 is 0 Å². The van der Waals surface area contributed by atoms with Crippen molar-refractivity contribution in [1.29, 1.82) is 5.26 Å². The van der Waals surface area contributed by atoms with Crippen LogP contribution in [0.5, 0.6) is 0 Å². The third-order valence-corrected chi connectivity index (χ3v) is 2.86. The number of nitrogens with zero attached hydrogens (tertiary/aromatic N) is 3. The lowest BCUT2D eigenvalue weighted by Gasteiger charge is -2.19. The first-order valence-corrected chi connectivity index (χ1v) is 6.56. The first-order chi connectivity index (χ1) is 9.94. The quantitative estimate of drug-likeness (QED) is 0.591. The summed E-state index contributed by atoms with van der Waals surface area (Å²) in [7, 11) is 0. The molecule has 1 heterocycles. The summed E-state index contributed by atoms with van der Waals surface area (Å²) in [5, 5.41) is 12.3. The predicted octanol–water partition coefficient (Wildman–Crippen LogP) is 2.67. The van der Waals surface area contributed by atoms with E-state index in [-0.39, 0.29) is 5.41 Å². The second-order valence-electron chi connectivity index (χ2n) is 5.64. The second-order valence-corrected chi connectivity index (χ2v) is 5.64. The molecular formula is C15H18N6. The van der Waals surface area contributed by atoms with E-state index in [9.17, 15) is 0 Å². The van der Waals surface area contributed by atoms with Crippen LogP contribution in [0.2, 0.25) is 0 Å². The Morgan fingerprint density at radius 1 is 1.14 bits per heavy atom. The van der Waals surface area contributed by atoms with Crippen molar-refractivity contribution in [3.63, 3.8) is 0 Å². The van der Waals surface area contributed by atoms with Crippen molar-refractivity contribution in [3.8, 4) is 6.07 Å². The van der Waals surface area contributed by atoms with Crippen LogP contribution < -0.4 is 16.6 Å². The van der Waals surface area contributed by atoms with E-state index in [0.717, 1.165) is 0 Å².